The number of hydrogen-bond acceptors (Lipinski definition) is 7. The van der Waals surface area contributed by atoms with E-state index in [0.29, 0.717) is 36.9 Å². The molecule has 0 saturated carbocycles. The molecule has 9 nitrogen and oxygen atoms in total. The van der Waals surface area contributed by atoms with E-state index < -0.39 is 10.1 Å². The van der Waals surface area contributed by atoms with Crippen molar-refractivity contribution in [3.05, 3.63) is 48.0 Å². The number of methoxy groups -OCH3 is 2. The van der Waals surface area contributed by atoms with Crippen LogP contribution in [0.3, 0.4) is 0 Å². The van der Waals surface area contributed by atoms with Gasteiger partial charge in [0, 0.05) is 43.6 Å². The molecule has 2 aromatic rings. The summed E-state index contributed by atoms with van der Waals surface area (Å²) < 4.78 is 43.7. The highest BCUT2D eigenvalue weighted by atomic mass is 32.2. The number of benzene rings is 2. The normalized spacial score (nSPS) is 15.8. The largest absolute Gasteiger partial charge is 0.497 e. The second-order valence-corrected chi connectivity index (χ2v) is 9.05. The SMILES string of the molecule is COc1cc(NC(=O)N(Cc2ccc(OS(C)(=O)=O)cc2)C[C@H]2CCCO2)cc(OC)c1. The Kier molecular flexibility index (Phi) is 7.81. The van der Waals surface area contributed by atoms with Crippen molar-refractivity contribution in [1.29, 1.82) is 0 Å². The number of amides is 2. The second-order valence-electron chi connectivity index (χ2n) is 7.48. The predicted molar refractivity (Wildman–Crippen MR) is 120 cm³/mol. The van der Waals surface area contributed by atoms with Crippen LogP contribution in [0.5, 0.6) is 17.2 Å². The van der Waals surface area contributed by atoms with E-state index in [2.05, 4.69) is 5.32 Å². The summed E-state index contributed by atoms with van der Waals surface area (Å²) >= 11 is 0. The average Bonchev–Trinajstić information content (AvgIpc) is 3.26. The molecule has 174 valence electrons. The molecule has 2 amide bonds. The summed E-state index contributed by atoms with van der Waals surface area (Å²) in [5, 5.41) is 2.90. The van der Waals surface area contributed by atoms with Crippen molar-refractivity contribution in [1.82, 2.24) is 4.90 Å². The molecule has 1 fully saturated rings. The molecule has 32 heavy (non-hydrogen) atoms. The monoisotopic (exact) mass is 464 g/mol. The summed E-state index contributed by atoms with van der Waals surface area (Å²) in [6.45, 7) is 1.42. The molecule has 0 spiro atoms. The molecular formula is C22H28N2O7S. The number of nitrogens with zero attached hydrogens (tertiary/aromatic N) is 1. The Labute approximate surface area is 188 Å². The minimum Gasteiger partial charge on any atom is -0.497 e. The standard InChI is InChI=1S/C22H28N2O7S/c1-28-20-11-17(12-21(13-20)29-2)23-22(25)24(15-19-5-4-10-30-19)14-16-6-8-18(9-7-16)31-32(3,26)27/h6-9,11-13,19H,4-5,10,14-15H2,1-3H3,(H,23,25)/t19-/m1/s1. The first-order valence-electron chi connectivity index (χ1n) is 10.1. The van der Waals surface area contributed by atoms with Crippen molar-refractivity contribution in [3.8, 4) is 17.2 Å². The van der Waals surface area contributed by atoms with Crippen LogP contribution in [-0.4, -0.2) is 59.1 Å². The van der Waals surface area contributed by atoms with Gasteiger partial charge in [0.05, 0.1) is 26.6 Å². The summed E-state index contributed by atoms with van der Waals surface area (Å²) in [5.74, 6) is 1.34. The quantitative estimate of drug-likeness (QED) is 0.568. The number of rotatable bonds is 9. The van der Waals surface area contributed by atoms with Gasteiger partial charge in [-0.05, 0) is 30.5 Å². The van der Waals surface area contributed by atoms with Gasteiger partial charge in [-0.25, -0.2) is 4.79 Å². The highest BCUT2D eigenvalue weighted by Crippen LogP contribution is 2.26. The van der Waals surface area contributed by atoms with E-state index in [1.807, 2.05) is 0 Å². The zero-order valence-corrected chi connectivity index (χ0v) is 19.2. The Morgan fingerprint density at radius 3 is 2.28 bits per heavy atom. The van der Waals surface area contributed by atoms with Crippen LogP contribution in [0.15, 0.2) is 42.5 Å². The molecule has 0 aliphatic carbocycles. The van der Waals surface area contributed by atoms with Crippen LogP contribution in [0.2, 0.25) is 0 Å². The first-order valence-corrected chi connectivity index (χ1v) is 12.0. The third-order valence-electron chi connectivity index (χ3n) is 4.88. The van der Waals surface area contributed by atoms with E-state index in [4.69, 9.17) is 18.4 Å². The summed E-state index contributed by atoms with van der Waals surface area (Å²) in [7, 11) is -0.514. The molecule has 1 N–H and O–H groups in total. The van der Waals surface area contributed by atoms with Crippen LogP contribution >= 0.6 is 0 Å². The highest BCUT2D eigenvalue weighted by Gasteiger charge is 2.23. The van der Waals surface area contributed by atoms with Crippen LogP contribution in [-0.2, 0) is 21.4 Å². The molecule has 10 heteroatoms. The van der Waals surface area contributed by atoms with Gasteiger partial charge in [0.25, 0.3) is 0 Å². The lowest BCUT2D eigenvalue weighted by molar-refractivity contribution is 0.0819. The van der Waals surface area contributed by atoms with Gasteiger partial charge < -0.3 is 28.6 Å². The first kappa shape index (κ1) is 23.7. The van der Waals surface area contributed by atoms with Gasteiger partial charge in [-0.15, -0.1) is 0 Å². The fourth-order valence-corrected chi connectivity index (χ4v) is 3.84. The number of carbonyl (C=O) groups is 1. The van der Waals surface area contributed by atoms with Crippen LogP contribution in [0.25, 0.3) is 0 Å². The van der Waals surface area contributed by atoms with Gasteiger partial charge in [0.1, 0.15) is 17.2 Å². The lowest BCUT2D eigenvalue weighted by atomic mass is 10.2. The Bertz CT molecular complexity index is 997. The second kappa shape index (κ2) is 10.6. The molecule has 0 bridgehead atoms. The number of urea groups is 1. The van der Waals surface area contributed by atoms with Gasteiger partial charge >= 0.3 is 16.1 Å². The first-order chi connectivity index (χ1) is 15.3. The van der Waals surface area contributed by atoms with E-state index in [1.165, 1.54) is 0 Å². The summed E-state index contributed by atoms with van der Waals surface area (Å²) in [6.07, 6.45) is 2.80. The van der Waals surface area contributed by atoms with Gasteiger partial charge in [-0.2, -0.15) is 8.42 Å². The van der Waals surface area contributed by atoms with Gasteiger partial charge in [-0.3, -0.25) is 0 Å². The summed E-state index contributed by atoms with van der Waals surface area (Å²) in [4.78, 5) is 14.8. The Morgan fingerprint density at radius 1 is 1.09 bits per heavy atom. The Morgan fingerprint density at radius 2 is 1.75 bits per heavy atom. The van der Waals surface area contributed by atoms with Crippen LogP contribution in [0.4, 0.5) is 10.5 Å². The molecule has 3 rings (SSSR count). The topological polar surface area (TPSA) is 103 Å². The van der Waals surface area contributed by atoms with E-state index in [9.17, 15) is 13.2 Å². The Hall–Kier alpha value is -2.98. The van der Waals surface area contributed by atoms with Crippen LogP contribution in [0.1, 0.15) is 18.4 Å². The van der Waals surface area contributed by atoms with Crippen molar-refractivity contribution < 1.29 is 31.6 Å². The fourth-order valence-electron chi connectivity index (χ4n) is 3.38. The number of ether oxygens (including phenoxy) is 3. The van der Waals surface area contributed by atoms with Crippen molar-refractivity contribution in [2.45, 2.75) is 25.5 Å². The smallest absolute Gasteiger partial charge is 0.322 e. The number of carbonyl (C=O) groups excluding carboxylic acids is 1. The minimum absolute atomic E-state index is 0.0339. The summed E-state index contributed by atoms with van der Waals surface area (Å²) in [5.41, 5.74) is 1.36. The molecule has 1 aliphatic rings. The molecule has 1 saturated heterocycles. The molecule has 1 heterocycles. The van der Waals surface area contributed by atoms with E-state index in [1.54, 1.807) is 61.6 Å². The molecule has 0 unspecified atom stereocenters. The number of hydrogen-bond donors (Lipinski definition) is 1. The zero-order valence-electron chi connectivity index (χ0n) is 18.4. The minimum atomic E-state index is -3.60. The Balaban J connectivity index is 1.75. The molecule has 1 atom stereocenters. The number of anilines is 1. The van der Waals surface area contributed by atoms with E-state index in [-0.39, 0.29) is 17.9 Å². The van der Waals surface area contributed by atoms with Crippen LogP contribution < -0.4 is 19.0 Å². The zero-order chi connectivity index (χ0) is 23.1. The van der Waals surface area contributed by atoms with Crippen LogP contribution in [0, 0.1) is 0 Å². The molecule has 1 aliphatic heterocycles. The van der Waals surface area contributed by atoms with E-state index >= 15 is 0 Å². The van der Waals surface area contributed by atoms with E-state index in [0.717, 1.165) is 24.7 Å². The van der Waals surface area contributed by atoms with Gasteiger partial charge in [0.2, 0.25) is 0 Å². The van der Waals surface area contributed by atoms with Gasteiger partial charge in [0.15, 0.2) is 0 Å². The van der Waals surface area contributed by atoms with Crippen molar-refractivity contribution >= 4 is 21.8 Å². The average molecular weight is 465 g/mol. The molecule has 0 radical (unpaired) electrons. The predicted octanol–water partition coefficient (Wildman–Crippen LogP) is 3.26. The molecular weight excluding hydrogens is 436 g/mol. The maximum absolute atomic E-state index is 13.1. The third-order valence-corrected chi connectivity index (χ3v) is 5.38. The maximum Gasteiger partial charge on any atom is 0.322 e. The lowest BCUT2D eigenvalue weighted by Crippen LogP contribution is -2.39. The maximum atomic E-state index is 13.1. The highest BCUT2D eigenvalue weighted by molar-refractivity contribution is 7.86. The molecule has 2 aromatic carbocycles. The van der Waals surface area contributed by atoms with Crippen molar-refractivity contribution in [3.63, 3.8) is 0 Å². The lowest BCUT2D eigenvalue weighted by Gasteiger charge is -2.26. The van der Waals surface area contributed by atoms with Crippen molar-refractivity contribution in [2.75, 3.05) is 38.9 Å². The third kappa shape index (κ3) is 7.03. The summed E-state index contributed by atoms with van der Waals surface area (Å²) in [6, 6.07) is 11.4. The molecule has 0 aromatic heterocycles. The number of nitrogens with one attached hydrogen (secondary N) is 1. The van der Waals surface area contributed by atoms with Gasteiger partial charge in [-0.1, -0.05) is 12.1 Å². The van der Waals surface area contributed by atoms with Crippen molar-refractivity contribution in [2.24, 2.45) is 0 Å². The fraction of sp³-hybridized carbons (Fsp3) is 0.409.